The van der Waals surface area contributed by atoms with Gasteiger partial charge in [-0.25, -0.2) is 4.98 Å². The molecule has 0 aromatic carbocycles. The second-order valence-corrected chi connectivity index (χ2v) is 8.84. The minimum absolute atomic E-state index is 0.0328. The Morgan fingerprint density at radius 1 is 1.03 bits per heavy atom. The molecule has 1 atom stereocenters. The molecule has 4 bridgehead atoms. The normalized spacial score (nSPS) is 22.9. The molecule has 1 fully saturated rings. The summed E-state index contributed by atoms with van der Waals surface area (Å²) in [5, 5.41) is 17.2. The summed E-state index contributed by atoms with van der Waals surface area (Å²) in [4.78, 5) is 18.5. The van der Waals surface area contributed by atoms with E-state index < -0.39 is 64.7 Å². The van der Waals surface area contributed by atoms with Crippen molar-refractivity contribution in [3.8, 4) is 11.6 Å². The molecule has 0 radical (unpaired) electrons. The maximum absolute atomic E-state index is 13.8. The Labute approximate surface area is 195 Å². The largest absolute Gasteiger partial charge is 0.426 e. The van der Waals surface area contributed by atoms with E-state index >= 15 is 0 Å². The summed E-state index contributed by atoms with van der Waals surface area (Å²) >= 11 is 0. The van der Waals surface area contributed by atoms with Crippen LogP contribution in [0.5, 0.6) is 0 Å². The van der Waals surface area contributed by atoms with Crippen molar-refractivity contribution >= 4 is 11.6 Å². The number of pyridine rings is 1. The highest BCUT2D eigenvalue weighted by molar-refractivity contribution is 5.95. The van der Waals surface area contributed by atoms with Crippen LogP contribution < -0.4 is 5.73 Å². The van der Waals surface area contributed by atoms with E-state index in [0.29, 0.717) is 18.9 Å². The Morgan fingerprint density at radius 3 is 2.34 bits per heavy atom. The molecule has 1 aliphatic carbocycles. The molecule has 192 valence electrons. The van der Waals surface area contributed by atoms with E-state index in [9.17, 15) is 36.2 Å². The third kappa shape index (κ3) is 4.67. The van der Waals surface area contributed by atoms with Gasteiger partial charge in [-0.15, -0.1) is 10.2 Å². The molecular weight excluding hydrogens is 484 g/mol. The summed E-state index contributed by atoms with van der Waals surface area (Å²) in [7, 11) is 0. The van der Waals surface area contributed by atoms with E-state index in [4.69, 9.17) is 10.2 Å². The van der Waals surface area contributed by atoms with Crippen molar-refractivity contribution in [2.24, 2.45) is 0 Å². The third-order valence-corrected chi connectivity index (χ3v) is 6.47. The van der Waals surface area contributed by atoms with Gasteiger partial charge in [0, 0.05) is 12.6 Å². The summed E-state index contributed by atoms with van der Waals surface area (Å²) in [6.45, 7) is 0.0328. The number of anilines is 1. The molecule has 2 aromatic rings. The monoisotopic (exact) mass is 507 g/mol. The average Bonchev–Trinajstić information content (AvgIpc) is 3.46. The predicted octanol–water partition coefficient (Wildman–Crippen LogP) is 4.44. The minimum Gasteiger partial charge on any atom is -0.416 e. The number of carbonyl (C=O) groups is 1. The lowest BCUT2D eigenvalue weighted by Gasteiger charge is -2.30. The van der Waals surface area contributed by atoms with Gasteiger partial charge in [0.25, 0.3) is 17.7 Å². The quantitative estimate of drug-likeness (QED) is 0.548. The van der Waals surface area contributed by atoms with Crippen molar-refractivity contribution in [3.63, 3.8) is 0 Å². The van der Waals surface area contributed by atoms with Crippen molar-refractivity contribution < 1.29 is 40.7 Å². The molecule has 3 N–H and O–H groups in total. The fourth-order valence-corrected chi connectivity index (χ4v) is 4.58. The van der Waals surface area contributed by atoms with E-state index in [0.717, 1.165) is 12.8 Å². The Bertz CT molecular complexity index is 1100. The first-order valence-corrected chi connectivity index (χ1v) is 11.1. The van der Waals surface area contributed by atoms with Crippen LogP contribution in [-0.4, -0.2) is 49.9 Å². The maximum Gasteiger partial charge on any atom is 0.426 e. The van der Waals surface area contributed by atoms with Crippen molar-refractivity contribution in [2.45, 2.75) is 75.4 Å². The fraction of sp³-hybridized carbons (Fsp3) is 0.619. The molecule has 2 aliphatic rings. The number of amides is 1. The molecule has 2 aromatic heterocycles. The third-order valence-electron chi connectivity index (χ3n) is 6.47. The number of fused-ring (bicyclic) bond motifs is 5. The number of alkyl halides is 6. The van der Waals surface area contributed by atoms with Crippen LogP contribution in [-0.2, 0) is 11.8 Å². The average molecular weight is 507 g/mol. The standard InChI is InChI=1S/C21H23F6N5O3/c22-20(23,24)12-10-13(28)15-16-30-31-18(35-16)19(34,21(25,26)27)8-4-1-5-9-32(11-6-2-3-7-11)17(33)14(12)29-15/h10-11,34H,1-9,28H2/t19-/m1/s1. The second kappa shape index (κ2) is 8.95. The van der Waals surface area contributed by atoms with Crippen LogP contribution in [0.1, 0.15) is 73.3 Å². The molecular formula is C21H23F6N5O3. The molecule has 35 heavy (non-hydrogen) atoms. The molecule has 1 amide bonds. The summed E-state index contributed by atoms with van der Waals surface area (Å²) in [5.41, 5.74) is -1.26. The number of aromatic nitrogens is 3. The van der Waals surface area contributed by atoms with Crippen molar-refractivity contribution in [2.75, 3.05) is 12.3 Å². The lowest BCUT2D eigenvalue weighted by atomic mass is 9.95. The van der Waals surface area contributed by atoms with Gasteiger partial charge in [0.2, 0.25) is 5.60 Å². The smallest absolute Gasteiger partial charge is 0.416 e. The molecule has 4 rings (SSSR count). The predicted molar refractivity (Wildman–Crippen MR) is 109 cm³/mol. The van der Waals surface area contributed by atoms with Gasteiger partial charge in [-0.1, -0.05) is 19.3 Å². The van der Waals surface area contributed by atoms with E-state index in [1.807, 2.05) is 0 Å². The summed E-state index contributed by atoms with van der Waals surface area (Å²) < 4.78 is 87.9. The van der Waals surface area contributed by atoms with E-state index in [2.05, 4.69) is 15.2 Å². The zero-order valence-corrected chi connectivity index (χ0v) is 18.4. The maximum atomic E-state index is 13.8. The minimum atomic E-state index is -5.16. The number of nitrogens with two attached hydrogens (primary N) is 1. The first kappa shape index (κ1) is 25.2. The van der Waals surface area contributed by atoms with Crippen LogP contribution in [0, 0.1) is 0 Å². The second-order valence-electron chi connectivity index (χ2n) is 8.84. The Morgan fingerprint density at radius 2 is 1.71 bits per heavy atom. The van der Waals surface area contributed by atoms with Gasteiger partial charge in [-0.3, -0.25) is 4.79 Å². The Balaban J connectivity index is 1.89. The van der Waals surface area contributed by atoms with Gasteiger partial charge >= 0.3 is 12.4 Å². The summed E-state index contributed by atoms with van der Waals surface area (Å²) in [5.74, 6) is -2.87. The lowest BCUT2D eigenvalue weighted by Crippen LogP contribution is -2.43. The SMILES string of the molecule is Nc1cc(C(F)(F)F)c2nc1-c1nnc(o1)[C@@](O)(C(F)(F)F)CCCCCN(C1CCCC1)C2=O. The van der Waals surface area contributed by atoms with E-state index in [1.54, 1.807) is 0 Å². The van der Waals surface area contributed by atoms with Crippen LogP contribution in [0.4, 0.5) is 32.0 Å². The van der Waals surface area contributed by atoms with Crippen LogP contribution in [0.15, 0.2) is 10.5 Å². The topological polar surface area (TPSA) is 118 Å². The number of carbonyl (C=O) groups excluding carboxylic acids is 1. The number of hydrogen-bond donors (Lipinski definition) is 2. The molecule has 8 nitrogen and oxygen atoms in total. The number of nitrogen functional groups attached to an aromatic ring is 1. The van der Waals surface area contributed by atoms with Gasteiger partial charge in [-0.2, -0.15) is 26.3 Å². The van der Waals surface area contributed by atoms with Gasteiger partial charge in [-0.05, 0) is 38.2 Å². The first-order chi connectivity index (χ1) is 16.3. The zero-order chi connectivity index (χ0) is 25.6. The van der Waals surface area contributed by atoms with Gasteiger partial charge in [0.1, 0.15) is 5.69 Å². The molecule has 0 unspecified atom stereocenters. The van der Waals surface area contributed by atoms with Gasteiger partial charge in [0.05, 0.1) is 11.3 Å². The van der Waals surface area contributed by atoms with Crippen LogP contribution in [0.2, 0.25) is 0 Å². The Kier molecular flexibility index (Phi) is 6.45. The van der Waals surface area contributed by atoms with Gasteiger partial charge in [0.15, 0.2) is 5.69 Å². The van der Waals surface area contributed by atoms with Crippen molar-refractivity contribution in [3.05, 3.63) is 23.2 Å². The van der Waals surface area contributed by atoms with Gasteiger partial charge < -0.3 is 20.2 Å². The Hall–Kier alpha value is -2.90. The zero-order valence-electron chi connectivity index (χ0n) is 18.4. The number of hydrogen-bond acceptors (Lipinski definition) is 7. The molecule has 1 aliphatic heterocycles. The highest BCUT2D eigenvalue weighted by atomic mass is 19.4. The summed E-state index contributed by atoms with van der Waals surface area (Å²) in [6.07, 6.45) is -7.87. The van der Waals surface area contributed by atoms with Crippen molar-refractivity contribution in [1.82, 2.24) is 20.1 Å². The lowest BCUT2D eigenvalue weighted by molar-refractivity contribution is -0.277. The van der Waals surface area contributed by atoms with E-state index in [-0.39, 0.29) is 31.8 Å². The van der Waals surface area contributed by atoms with Crippen molar-refractivity contribution in [1.29, 1.82) is 0 Å². The highest BCUT2D eigenvalue weighted by Gasteiger charge is 2.58. The summed E-state index contributed by atoms with van der Waals surface area (Å²) in [6, 6.07) is 0.162. The fourth-order valence-electron chi connectivity index (χ4n) is 4.58. The number of nitrogens with zero attached hydrogens (tertiary/aromatic N) is 4. The highest BCUT2D eigenvalue weighted by Crippen LogP contribution is 2.44. The molecule has 0 saturated heterocycles. The molecule has 1 saturated carbocycles. The molecule has 14 heteroatoms. The number of rotatable bonds is 1. The van der Waals surface area contributed by atoms with Crippen LogP contribution in [0.3, 0.4) is 0 Å². The van der Waals surface area contributed by atoms with Crippen LogP contribution in [0.25, 0.3) is 11.6 Å². The number of halogens is 6. The first-order valence-electron chi connectivity index (χ1n) is 11.1. The number of aliphatic hydroxyl groups is 1. The molecule has 0 spiro atoms. The van der Waals surface area contributed by atoms with E-state index in [1.165, 1.54) is 4.90 Å². The molecule has 3 heterocycles. The van der Waals surface area contributed by atoms with Crippen LogP contribution >= 0.6 is 0 Å².